The van der Waals surface area contributed by atoms with E-state index in [1.54, 1.807) is 4.90 Å². The number of halogens is 1. The lowest BCUT2D eigenvalue weighted by atomic mass is 10.0. The Bertz CT molecular complexity index is 1280. The number of hydrogen-bond donors (Lipinski definition) is 2. The fourth-order valence-electron chi connectivity index (χ4n) is 4.13. The van der Waals surface area contributed by atoms with Gasteiger partial charge in [0.25, 0.3) is 0 Å². The van der Waals surface area contributed by atoms with E-state index in [2.05, 4.69) is 10.3 Å². The van der Waals surface area contributed by atoms with Gasteiger partial charge in [-0.2, -0.15) is 4.31 Å². The van der Waals surface area contributed by atoms with E-state index < -0.39 is 21.9 Å². The van der Waals surface area contributed by atoms with Crippen LogP contribution in [-0.4, -0.2) is 66.6 Å². The number of nitrogens with one attached hydrogen (secondary N) is 2. The fraction of sp³-hybridized carbons (Fsp3) is 0.304. The topological polar surface area (TPSA) is 103 Å². The third kappa shape index (κ3) is 4.76. The number of rotatable bonds is 6. The molecule has 1 aliphatic rings. The highest BCUT2D eigenvalue weighted by atomic mass is 32.2. The molecule has 1 atom stereocenters. The average Bonchev–Trinajstić information content (AvgIpc) is 3.21. The predicted octanol–water partition coefficient (Wildman–Crippen LogP) is 1.89. The Labute approximate surface area is 191 Å². The number of carbonyl (C=O) groups is 2. The van der Waals surface area contributed by atoms with Crippen LogP contribution in [0.25, 0.3) is 10.9 Å². The number of benzene rings is 2. The zero-order valence-corrected chi connectivity index (χ0v) is 18.9. The van der Waals surface area contributed by atoms with E-state index in [4.69, 9.17) is 0 Å². The second kappa shape index (κ2) is 9.32. The largest absolute Gasteiger partial charge is 0.361 e. The molecule has 1 fully saturated rings. The van der Waals surface area contributed by atoms with Gasteiger partial charge in [-0.05, 0) is 23.8 Å². The average molecular weight is 473 g/mol. The van der Waals surface area contributed by atoms with Gasteiger partial charge in [0.15, 0.2) is 0 Å². The lowest BCUT2D eigenvalue weighted by Gasteiger charge is -2.36. The molecule has 0 saturated carbocycles. The zero-order chi connectivity index (χ0) is 23.6. The number of piperazine rings is 1. The van der Waals surface area contributed by atoms with Crippen molar-refractivity contribution in [2.75, 3.05) is 26.2 Å². The molecule has 8 nitrogen and oxygen atoms in total. The van der Waals surface area contributed by atoms with Crippen LogP contribution < -0.4 is 5.32 Å². The molecule has 0 spiro atoms. The number of aromatic amines is 1. The third-order valence-corrected chi connectivity index (χ3v) is 7.71. The van der Waals surface area contributed by atoms with Crippen LogP contribution in [0.1, 0.15) is 12.5 Å². The second-order valence-electron chi connectivity index (χ2n) is 7.98. The Morgan fingerprint density at radius 1 is 1.06 bits per heavy atom. The lowest BCUT2D eigenvalue weighted by Crippen LogP contribution is -2.56. The van der Waals surface area contributed by atoms with Crippen LogP contribution in [0.15, 0.2) is 59.6 Å². The molecule has 0 radical (unpaired) electrons. The van der Waals surface area contributed by atoms with Crippen molar-refractivity contribution >= 4 is 32.7 Å². The number of para-hydroxylation sites is 1. The first-order valence-corrected chi connectivity index (χ1v) is 12.1. The molecule has 174 valence electrons. The van der Waals surface area contributed by atoms with E-state index in [1.807, 2.05) is 30.5 Å². The van der Waals surface area contributed by atoms with E-state index in [0.717, 1.165) is 22.5 Å². The van der Waals surface area contributed by atoms with Gasteiger partial charge in [0, 0.05) is 56.6 Å². The van der Waals surface area contributed by atoms with Crippen LogP contribution in [-0.2, 0) is 26.0 Å². The summed E-state index contributed by atoms with van der Waals surface area (Å²) in [6.07, 6.45) is 2.13. The van der Waals surface area contributed by atoms with Gasteiger partial charge in [0.05, 0.1) is 0 Å². The molecule has 1 unspecified atom stereocenters. The van der Waals surface area contributed by atoms with E-state index in [-0.39, 0.29) is 42.9 Å². The first-order valence-electron chi connectivity index (χ1n) is 10.6. The van der Waals surface area contributed by atoms with Crippen molar-refractivity contribution in [2.45, 2.75) is 24.3 Å². The van der Waals surface area contributed by atoms with Crippen molar-refractivity contribution in [2.24, 2.45) is 0 Å². The maximum Gasteiger partial charge on any atom is 0.246 e. The summed E-state index contributed by atoms with van der Waals surface area (Å²) in [6, 6.07) is 12.2. The first kappa shape index (κ1) is 22.9. The van der Waals surface area contributed by atoms with Crippen LogP contribution in [0.3, 0.4) is 0 Å². The summed E-state index contributed by atoms with van der Waals surface area (Å²) in [5.74, 6) is -1.41. The predicted molar refractivity (Wildman–Crippen MR) is 121 cm³/mol. The summed E-state index contributed by atoms with van der Waals surface area (Å²) >= 11 is 0. The summed E-state index contributed by atoms with van der Waals surface area (Å²) in [5.41, 5.74) is 1.84. The molecule has 0 aliphatic carbocycles. The van der Waals surface area contributed by atoms with E-state index in [1.165, 1.54) is 29.4 Å². The molecule has 0 bridgehead atoms. The molecule has 33 heavy (non-hydrogen) atoms. The minimum atomic E-state index is -4.00. The molecule has 1 saturated heterocycles. The van der Waals surface area contributed by atoms with Crippen molar-refractivity contribution < 1.29 is 22.4 Å². The Hall–Kier alpha value is -3.24. The van der Waals surface area contributed by atoms with Crippen molar-refractivity contribution in [3.8, 4) is 0 Å². The summed E-state index contributed by atoms with van der Waals surface area (Å²) < 4.78 is 40.9. The molecule has 2 aromatic carbocycles. The van der Waals surface area contributed by atoms with Crippen LogP contribution in [0, 0.1) is 5.82 Å². The second-order valence-corrected chi connectivity index (χ2v) is 9.88. The molecular weight excluding hydrogens is 447 g/mol. The highest BCUT2D eigenvalue weighted by molar-refractivity contribution is 7.89. The summed E-state index contributed by atoms with van der Waals surface area (Å²) in [6.45, 7) is 1.74. The minimum Gasteiger partial charge on any atom is -0.361 e. The number of carbonyl (C=O) groups excluding carboxylic acids is 2. The molecule has 2 N–H and O–H groups in total. The standard InChI is InChI=1S/C23H25FN4O4S/c1-16(29)26-21(14-17-15-25-20-8-4-2-6-18(17)20)23(30)27-10-12-28(13-11-27)33(31,32)22-9-5-3-7-19(22)24/h2-9,15,21,25H,10-14H2,1H3,(H,26,29). The number of hydrogen-bond acceptors (Lipinski definition) is 4. The van der Waals surface area contributed by atoms with Gasteiger partial charge in [-0.1, -0.05) is 30.3 Å². The monoisotopic (exact) mass is 472 g/mol. The van der Waals surface area contributed by atoms with E-state index in [9.17, 15) is 22.4 Å². The fourth-order valence-corrected chi connectivity index (χ4v) is 5.62. The number of sulfonamides is 1. The molecule has 1 aliphatic heterocycles. The van der Waals surface area contributed by atoms with Crippen molar-refractivity contribution in [1.82, 2.24) is 19.5 Å². The number of aromatic nitrogens is 1. The number of nitrogens with zero attached hydrogens (tertiary/aromatic N) is 2. The number of amides is 2. The molecule has 2 amide bonds. The van der Waals surface area contributed by atoms with Crippen LogP contribution in [0.5, 0.6) is 0 Å². The van der Waals surface area contributed by atoms with Gasteiger partial charge in [-0.3, -0.25) is 9.59 Å². The molecular formula is C23H25FN4O4S. The van der Waals surface area contributed by atoms with Gasteiger partial charge in [0.2, 0.25) is 21.8 Å². The van der Waals surface area contributed by atoms with Gasteiger partial charge in [0.1, 0.15) is 16.8 Å². The van der Waals surface area contributed by atoms with Crippen LogP contribution in [0.4, 0.5) is 4.39 Å². The Balaban J connectivity index is 1.47. The highest BCUT2D eigenvalue weighted by Crippen LogP contribution is 2.22. The highest BCUT2D eigenvalue weighted by Gasteiger charge is 2.34. The quantitative estimate of drug-likeness (QED) is 0.572. The van der Waals surface area contributed by atoms with Crippen molar-refractivity contribution in [1.29, 1.82) is 0 Å². The van der Waals surface area contributed by atoms with Crippen LogP contribution in [0.2, 0.25) is 0 Å². The minimum absolute atomic E-state index is 0.0439. The summed E-state index contributed by atoms with van der Waals surface area (Å²) in [7, 11) is -4.00. The molecule has 10 heteroatoms. The summed E-state index contributed by atoms with van der Waals surface area (Å²) in [4.78, 5) is 29.4. The molecule has 3 aromatic rings. The van der Waals surface area contributed by atoms with Crippen molar-refractivity contribution in [3.05, 3.63) is 66.1 Å². The maximum absolute atomic E-state index is 14.1. The van der Waals surface area contributed by atoms with Gasteiger partial charge in [-0.25, -0.2) is 12.8 Å². The summed E-state index contributed by atoms with van der Waals surface area (Å²) in [5, 5.41) is 3.70. The number of H-pyrrole nitrogens is 1. The van der Waals surface area contributed by atoms with E-state index in [0.29, 0.717) is 6.42 Å². The van der Waals surface area contributed by atoms with E-state index >= 15 is 0 Å². The zero-order valence-electron chi connectivity index (χ0n) is 18.1. The molecule has 1 aromatic heterocycles. The lowest BCUT2D eigenvalue weighted by molar-refractivity contribution is -0.137. The first-order chi connectivity index (χ1) is 15.8. The SMILES string of the molecule is CC(=O)NC(Cc1c[nH]c2ccccc12)C(=O)N1CCN(S(=O)(=O)c2ccccc2F)CC1. The van der Waals surface area contributed by atoms with Crippen molar-refractivity contribution in [3.63, 3.8) is 0 Å². The van der Waals surface area contributed by atoms with Gasteiger partial charge < -0.3 is 15.2 Å². The molecule has 4 rings (SSSR count). The number of fused-ring (bicyclic) bond motifs is 1. The molecule has 2 heterocycles. The third-order valence-electron chi connectivity index (χ3n) is 5.78. The maximum atomic E-state index is 14.1. The normalized spacial score (nSPS) is 16.0. The van der Waals surface area contributed by atoms with Gasteiger partial charge >= 0.3 is 0 Å². The Morgan fingerprint density at radius 2 is 1.73 bits per heavy atom. The van der Waals surface area contributed by atoms with Crippen LogP contribution >= 0.6 is 0 Å². The van der Waals surface area contributed by atoms with Gasteiger partial charge in [-0.15, -0.1) is 0 Å². The Kier molecular flexibility index (Phi) is 6.48. The Morgan fingerprint density at radius 3 is 2.42 bits per heavy atom. The smallest absolute Gasteiger partial charge is 0.246 e.